The third kappa shape index (κ3) is 1.93. The van der Waals surface area contributed by atoms with Crippen molar-refractivity contribution >= 4 is 5.90 Å². The standard InChI is InChI=1S/C10H18N2O4/c11-2-1-7-12-8-6(16-7)3-5(4-13)9(14)10(8)15/h5-6,8-10,13-15H,1-4,11H2/t5-,6-,8-,9-,10-/m1/s1. The van der Waals surface area contributed by atoms with Crippen molar-refractivity contribution in [1.82, 2.24) is 0 Å². The molecule has 0 spiro atoms. The first-order valence-electron chi connectivity index (χ1n) is 5.57. The van der Waals surface area contributed by atoms with Gasteiger partial charge < -0.3 is 25.8 Å². The van der Waals surface area contributed by atoms with E-state index in [2.05, 4.69) is 4.99 Å². The van der Waals surface area contributed by atoms with Gasteiger partial charge in [-0.25, -0.2) is 4.99 Å². The largest absolute Gasteiger partial charge is 0.475 e. The molecule has 1 aliphatic heterocycles. The molecule has 0 aromatic heterocycles. The zero-order valence-electron chi connectivity index (χ0n) is 8.99. The summed E-state index contributed by atoms with van der Waals surface area (Å²) in [6, 6.07) is -0.417. The fourth-order valence-corrected chi connectivity index (χ4v) is 2.36. The highest BCUT2D eigenvalue weighted by Gasteiger charge is 2.47. The fraction of sp³-hybridized carbons (Fsp3) is 0.900. The summed E-state index contributed by atoms with van der Waals surface area (Å²) >= 11 is 0. The van der Waals surface area contributed by atoms with Gasteiger partial charge in [-0.2, -0.15) is 0 Å². The Morgan fingerprint density at radius 2 is 2.12 bits per heavy atom. The molecule has 0 unspecified atom stereocenters. The molecule has 16 heavy (non-hydrogen) atoms. The molecule has 0 aromatic carbocycles. The summed E-state index contributed by atoms with van der Waals surface area (Å²) in [5.41, 5.74) is 5.40. The zero-order valence-corrected chi connectivity index (χ0v) is 8.99. The van der Waals surface area contributed by atoms with Crippen LogP contribution in [0.2, 0.25) is 0 Å². The number of aliphatic imine (C=N–C) groups is 1. The molecule has 5 N–H and O–H groups in total. The molecule has 1 saturated carbocycles. The molecule has 1 fully saturated rings. The van der Waals surface area contributed by atoms with Gasteiger partial charge in [0, 0.05) is 25.5 Å². The van der Waals surface area contributed by atoms with Crippen molar-refractivity contribution in [3.63, 3.8) is 0 Å². The lowest BCUT2D eigenvalue weighted by molar-refractivity contribution is -0.0947. The zero-order chi connectivity index (χ0) is 11.7. The Labute approximate surface area is 93.7 Å². The average Bonchev–Trinajstić information content (AvgIpc) is 2.67. The number of nitrogens with two attached hydrogens (primary N) is 1. The van der Waals surface area contributed by atoms with Crippen LogP contribution >= 0.6 is 0 Å². The molecule has 6 nitrogen and oxygen atoms in total. The van der Waals surface area contributed by atoms with E-state index in [-0.39, 0.29) is 18.6 Å². The van der Waals surface area contributed by atoms with Gasteiger partial charge in [-0.1, -0.05) is 0 Å². The van der Waals surface area contributed by atoms with E-state index in [1.54, 1.807) is 0 Å². The fourth-order valence-electron chi connectivity index (χ4n) is 2.36. The molecule has 92 valence electrons. The van der Waals surface area contributed by atoms with E-state index in [4.69, 9.17) is 15.6 Å². The van der Waals surface area contributed by atoms with Crippen LogP contribution in [-0.2, 0) is 4.74 Å². The molecule has 1 aliphatic carbocycles. The minimum Gasteiger partial charge on any atom is -0.475 e. The van der Waals surface area contributed by atoms with Crippen LogP contribution in [0.25, 0.3) is 0 Å². The van der Waals surface area contributed by atoms with Gasteiger partial charge >= 0.3 is 0 Å². The first-order valence-corrected chi connectivity index (χ1v) is 5.57. The molecule has 0 saturated heterocycles. The van der Waals surface area contributed by atoms with Crippen molar-refractivity contribution in [3.8, 4) is 0 Å². The van der Waals surface area contributed by atoms with Gasteiger partial charge in [-0.3, -0.25) is 0 Å². The topological polar surface area (TPSA) is 108 Å². The van der Waals surface area contributed by atoms with Crippen LogP contribution in [-0.4, -0.2) is 58.7 Å². The Kier molecular flexibility index (Phi) is 3.44. The maximum Gasteiger partial charge on any atom is 0.185 e. The maximum absolute atomic E-state index is 9.86. The van der Waals surface area contributed by atoms with Gasteiger partial charge in [0.05, 0.1) is 6.10 Å². The highest BCUT2D eigenvalue weighted by molar-refractivity contribution is 5.78. The third-order valence-corrected chi connectivity index (χ3v) is 3.27. The van der Waals surface area contributed by atoms with Crippen molar-refractivity contribution in [3.05, 3.63) is 0 Å². The highest BCUT2D eigenvalue weighted by atomic mass is 16.5. The van der Waals surface area contributed by atoms with E-state index in [0.29, 0.717) is 25.3 Å². The number of ether oxygens (including phenoxy) is 1. The summed E-state index contributed by atoms with van der Waals surface area (Å²) in [4.78, 5) is 4.22. The lowest BCUT2D eigenvalue weighted by Crippen LogP contribution is -2.52. The minimum absolute atomic E-state index is 0.156. The number of hydrogen-bond donors (Lipinski definition) is 4. The lowest BCUT2D eigenvalue weighted by atomic mass is 9.80. The van der Waals surface area contributed by atoms with Crippen molar-refractivity contribution in [2.45, 2.75) is 37.2 Å². The molecule has 2 aliphatic rings. The Bertz CT molecular complexity index is 284. The van der Waals surface area contributed by atoms with Crippen molar-refractivity contribution in [2.75, 3.05) is 13.2 Å². The van der Waals surface area contributed by atoms with Gasteiger partial charge in [-0.15, -0.1) is 0 Å². The predicted molar refractivity (Wildman–Crippen MR) is 57.0 cm³/mol. The summed E-state index contributed by atoms with van der Waals surface area (Å²) in [5.74, 6) is 0.200. The first-order chi connectivity index (χ1) is 7.67. The van der Waals surface area contributed by atoms with E-state index in [9.17, 15) is 10.2 Å². The minimum atomic E-state index is -0.967. The summed E-state index contributed by atoms with van der Waals surface area (Å²) in [7, 11) is 0. The molecule has 0 amide bonds. The molecular formula is C10H18N2O4. The van der Waals surface area contributed by atoms with Crippen LogP contribution in [0.1, 0.15) is 12.8 Å². The van der Waals surface area contributed by atoms with Gasteiger partial charge in [0.15, 0.2) is 5.90 Å². The molecular weight excluding hydrogens is 212 g/mol. The number of aliphatic hydroxyl groups excluding tert-OH is 3. The van der Waals surface area contributed by atoms with Crippen LogP contribution < -0.4 is 5.73 Å². The summed E-state index contributed by atoms with van der Waals surface area (Å²) < 4.78 is 5.54. The van der Waals surface area contributed by atoms with Crippen molar-refractivity contribution in [1.29, 1.82) is 0 Å². The molecule has 5 atom stereocenters. The van der Waals surface area contributed by atoms with Gasteiger partial charge in [0.25, 0.3) is 0 Å². The molecule has 1 heterocycles. The van der Waals surface area contributed by atoms with E-state index >= 15 is 0 Å². The van der Waals surface area contributed by atoms with Crippen LogP contribution in [0.15, 0.2) is 4.99 Å². The maximum atomic E-state index is 9.86. The van der Waals surface area contributed by atoms with E-state index in [0.717, 1.165) is 0 Å². The molecule has 0 aromatic rings. The van der Waals surface area contributed by atoms with Gasteiger partial charge in [0.2, 0.25) is 0 Å². The Morgan fingerprint density at radius 3 is 2.75 bits per heavy atom. The van der Waals surface area contributed by atoms with Crippen LogP contribution in [0, 0.1) is 5.92 Å². The van der Waals surface area contributed by atoms with Gasteiger partial charge in [-0.05, 0) is 6.42 Å². The normalized spacial score (nSPS) is 42.5. The monoisotopic (exact) mass is 230 g/mol. The number of hydrogen-bond acceptors (Lipinski definition) is 6. The Hall–Kier alpha value is -0.690. The summed E-state index contributed by atoms with van der Waals surface area (Å²) in [5, 5.41) is 28.7. The van der Waals surface area contributed by atoms with Crippen molar-refractivity contribution < 1.29 is 20.1 Å². The summed E-state index contributed by atoms with van der Waals surface area (Å²) in [6.07, 6.45) is -1.09. The van der Waals surface area contributed by atoms with Crippen molar-refractivity contribution in [2.24, 2.45) is 16.6 Å². The molecule has 0 bridgehead atoms. The average molecular weight is 230 g/mol. The Morgan fingerprint density at radius 1 is 1.38 bits per heavy atom. The molecule has 0 radical (unpaired) electrons. The Balaban J connectivity index is 2.08. The predicted octanol–water partition coefficient (Wildman–Crippen LogP) is -1.76. The number of fused-ring (bicyclic) bond motifs is 1. The second-order valence-corrected chi connectivity index (χ2v) is 4.37. The summed E-state index contributed by atoms with van der Waals surface area (Å²) in [6.45, 7) is 0.289. The molecule has 6 heteroatoms. The second-order valence-electron chi connectivity index (χ2n) is 4.37. The highest BCUT2D eigenvalue weighted by Crippen LogP contribution is 2.33. The van der Waals surface area contributed by atoms with Gasteiger partial charge in [0.1, 0.15) is 18.2 Å². The number of rotatable bonds is 3. The van der Waals surface area contributed by atoms with E-state index < -0.39 is 18.2 Å². The number of nitrogens with zero attached hydrogens (tertiary/aromatic N) is 1. The number of aliphatic hydroxyl groups is 3. The van der Waals surface area contributed by atoms with Crippen LogP contribution in [0.5, 0.6) is 0 Å². The smallest absolute Gasteiger partial charge is 0.185 e. The van der Waals surface area contributed by atoms with E-state index in [1.807, 2.05) is 0 Å². The quantitative estimate of drug-likeness (QED) is 0.459. The lowest BCUT2D eigenvalue weighted by Gasteiger charge is -2.36. The molecule has 2 rings (SSSR count). The third-order valence-electron chi connectivity index (χ3n) is 3.27. The van der Waals surface area contributed by atoms with E-state index in [1.165, 1.54) is 0 Å². The van der Waals surface area contributed by atoms with Crippen LogP contribution in [0.3, 0.4) is 0 Å². The second kappa shape index (κ2) is 4.67. The SMILES string of the molecule is NCCC1=N[C@H]2[C@@H](O)[C@H](O)[C@@H](CO)C[C@H]2O1. The van der Waals surface area contributed by atoms with Crippen LogP contribution in [0.4, 0.5) is 0 Å². The first kappa shape index (κ1) is 11.8.